The van der Waals surface area contributed by atoms with Gasteiger partial charge in [0.25, 0.3) is 0 Å². The van der Waals surface area contributed by atoms with Gasteiger partial charge >= 0.3 is 0 Å². The third-order valence-corrected chi connectivity index (χ3v) is 5.86. The second-order valence-corrected chi connectivity index (χ2v) is 7.91. The van der Waals surface area contributed by atoms with Gasteiger partial charge in [0, 0.05) is 54.9 Å². The molecule has 5 nitrogen and oxygen atoms in total. The molecule has 0 bridgehead atoms. The summed E-state index contributed by atoms with van der Waals surface area (Å²) in [5.41, 5.74) is 6.96. The van der Waals surface area contributed by atoms with Crippen LogP contribution in [-0.2, 0) is 0 Å². The van der Waals surface area contributed by atoms with E-state index < -0.39 is 0 Å². The highest BCUT2D eigenvalue weighted by Gasteiger charge is 2.16. The minimum atomic E-state index is -0.243. The van der Waals surface area contributed by atoms with Gasteiger partial charge in [0.15, 0.2) is 5.65 Å². The number of aromatic nitrogens is 3. The first-order valence-electron chi connectivity index (χ1n) is 10.2. The Bertz CT molecular complexity index is 1190. The number of fused-ring (bicyclic) bond motifs is 1. The van der Waals surface area contributed by atoms with Crippen LogP contribution in [0.1, 0.15) is 5.69 Å². The van der Waals surface area contributed by atoms with Crippen molar-refractivity contribution < 1.29 is 4.39 Å². The Kier molecular flexibility index (Phi) is 4.71. The van der Waals surface area contributed by atoms with E-state index in [0.717, 1.165) is 59.8 Å². The second kappa shape index (κ2) is 7.54. The summed E-state index contributed by atoms with van der Waals surface area (Å²) < 4.78 is 15.1. The Balaban J connectivity index is 1.52. The summed E-state index contributed by atoms with van der Waals surface area (Å²) in [7, 11) is 2.17. The van der Waals surface area contributed by atoms with Crippen molar-refractivity contribution in [3.8, 4) is 22.3 Å². The summed E-state index contributed by atoms with van der Waals surface area (Å²) in [6, 6.07) is 15.1. The first kappa shape index (κ1) is 18.8. The van der Waals surface area contributed by atoms with Crippen LogP contribution in [0.3, 0.4) is 0 Å². The van der Waals surface area contributed by atoms with Gasteiger partial charge in [-0.1, -0.05) is 24.3 Å². The van der Waals surface area contributed by atoms with Gasteiger partial charge in [-0.2, -0.15) is 5.10 Å². The van der Waals surface area contributed by atoms with Crippen molar-refractivity contribution in [3.05, 3.63) is 72.4 Å². The lowest BCUT2D eigenvalue weighted by atomic mass is 10.1. The third-order valence-electron chi connectivity index (χ3n) is 5.86. The molecule has 0 atom stereocenters. The number of hydrogen-bond acceptors (Lipinski definition) is 4. The van der Waals surface area contributed by atoms with Gasteiger partial charge in [0.05, 0.1) is 6.20 Å². The average Bonchev–Trinajstić information content (AvgIpc) is 3.17. The number of rotatable bonds is 3. The summed E-state index contributed by atoms with van der Waals surface area (Å²) >= 11 is 0. The van der Waals surface area contributed by atoms with Crippen LogP contribution >= 0.6 is 0 Å². The van der Waals surface area contributed by atoms with Crippen LogP contribution in [0.15, 0.2) is 60.9 Å². The molecule has 0 unspecified atom stereocenters. The molecule has 2 aromatic heterocycles. The van der Waals surface area contributed by atoms with Crippen molar-refractivity contribution in [1.29, 1.82) is 0 Å². The number of anilines is 1. The molecule has 1 fully saturated rings. The first-order valence-corrected chi connectivity index (χ1v) is 10.2. The maximum atomic E-state index is 13.3. The molecule has 0 amide bonds. The summed E-state index contributed by atoms with van der Waals surface area (Å²) in [4.78, 5) is 9.64. The number of nitrogens with zero attached hydrogens (tertiary/aromatic N) is 5. The standard InChI is InChI=1S/C24H24FN5/c1-17-23(18-6-8-20(25)9-7-18)16-30-24(27-17)22(15-26-30)19-4-3-5-21(14-19)29-12-10-28(2)11-13-29/h3-9,14-16H,10-13H2,1-2H3. The van der Waals surface area contributed by atoms with Crippen LogP contribution in [0.4, 0.5) is 10.1 Å². The van der Waals surface area contributed by atoms with Gasteiger partial charge in [0.2, 0.25) is 0 Å². The molecule has 0 radical (unpaired) electrons. The molecule has 1 aliphatic rings. The van der Waals surface area contributed by atoms with E-state index in [4.69, 9.17) is 4.98 Å². The molecule has 4 aromatic rings. The average molecular weight is 401 g/mol. The highest BCUT2D eigenvalue weighted by atomic mass is 19.1. The number of likely N-dealkylation sites (N-methyl/N-ethyl adjacent to an activating group) is 1. The molecule has 3 heterocycles. The number of aryl methyl sites for hydroxylation is 1. The van der Waals surface area contributed by atoms with Crippen LogP contribution in [-0.4, -0.2) is 52.7 Å². The highest BCUT2D eigenvalue weighted by molar-refractivity contribution is 5.80. The zero-order chi connectivity index (χ0) is 20.7. The SMILES string of the molecule is Cc1nc2c(-c3cccc(N4CCN(C)CC4)c3)cnn2cc1-c1ccc(F)cc1. The van der Waals surface area contributed by atoms with Gasteiger partial charge in [-0.3, -0.25) is 0 Å². The molecule has 0 spiro atoms. The lowest BCUT2D eigenvalue weighted by Gasteiger charge is -2.34. The van der Waals surface area contributed by atoms with E-state index in [1.165, 1.54) is 17.8 Å². The summed E-state index contributed by atoms with van der Waals surface area (Å²) in [5.74, 6) is -0.243. The maximum absolute atomic E-state index is 13.3. The molecule has 2 aromatic carbocycles. The maximum Gasteiger partial charge on any atom is 0.163 e. The summed E-state index contributed by atoms with van der Waals surface area (Å²) in [6.45, 7) is 6.21. The van der Waals surface area contributed by atoms with Gasteiger partial charge in [-0.25, -0.2) is 13.9 Å². The Morgan fingerprint density at radius 3 is 2.43 bits per heavy atom. The van der Waals surface area contributed by atoms with E-state index in [-0.39, 0.29) is 5.82 Å². The normalized spacial score (nSPS) is 15.1. The molecule has 152 valence electrons. The molecule has 0 saturated carbocycles. The lowest BCUT2D eigenvalue weighted by molar-refractivity contribution is 0.313. The predicted octanol–water partition coefficient (Wildman–Crippen LogP) is 4.26. The van der Waals surface area contributed by atoms with Crippen LogP contribution < -0.4 is 4.90 Å². The first-order chi connectivity index (χ1) is 14.6. The van der Waals surface area contributed by atoms with Gasteiger partial charge < -0.3 is 9.80 Å². The summed E-state index contributed by atoms with van der Waals surface area (Å²) in [6.07, 6.45) is 3.85. The molecule has 0 N–H and O–H groups in total. The van der Waals surface area contributed by atoms with E-state index in [1.54, 1.807) is 12.1 Å². The second-order valence-electron chi connectivity index (χ2n) is 7.91. The molecular formula is C24H24FN5. The Morgan fingerprint density at radius 2 is 1.67 bits per heavy atom. The van der Waals surface area contributed by atoms with Crippen molar-refractivity contribution >= 4 is 11.3 Å². The van der Waals surface area contributed by atoms with Crippen molar-refractivity contribution in [2.45, 2.75) is 6.92 Å². The lowest BCUT2D eigenvalue weighted by Crippen LogP contribution is -2.44. The Hall–Kier alpha value is -3.25. The molecule has 1 aliphatic heterocycles. The van der Waals surface area contributed by atoms with E-state index in [9.17, 15) is 4.39 Å². The van der Waals surface area contributed by atoms with E-state index in [2.05, 4.69) is 46.2 Å². The van der Waals surface area contributed by atoms with Gasteiger partial charge in [0.1, 0.15) is 5.82 Å². The largest absolute Gasteiger partial charge is 0.369 e. The number of benzene rings is 2. The molecule has 0 aliphatic carbocycles. The third kappa shape index (κ3) is 3.44. The smallest absolute Gasteiger partial charge is 0.163 e. The highest BCUT2D eigenvalue weighted by Crippen LogP contribution is 2.30. The quantitative estimate of drug-likeness (QED) is 0.514. The minimum Gasteiger partial charge on any atom is -0.369 e. The number of halogens is 1. The van der Waals surface area contributed by atoms with Crippen molar-refractivity contribution in [3.63, 3.8) is 0 Å². The molecule has 5 rings (SSSR count). The van der Waals surface area contributed by atoms with Crippen LogP contribution in [0.5, 0.6) is 0 Å². The van der Waals surface area contributed by atoms with Crippen molar-refractivity contribution in [1.82, 2.24) is 19.5 Å². The predicted molar refractivity (Wildman–Crippen MR) is 118 cm³/mol. The molecule has 30 heavy (non-hydrogen) atoms. The number of hydrogen-bond donors (Lipinski definition) is 0. The molecular weight excluding hydrogens is 377 g/mol. The summed E-state index contributed by atoms with van der Waals surface area (Å²) in [5, 5.41) is 4.55. The van der Waals surface area contributed by atoms with Crippen LogP contribution in [0.2, 0.25) is 0 Å². The van der Waals surface area contributed by atoms with Crippen LogP contribution in [0, 0.1) is 12.7 Å². The van der Waals surface area contributed by atoms with Crippen molar-refractivity contribution in [2.24, 2.45) is 0 Å². The van der Waals surface area contributed by atoms with E-state index >= 15 is 0 Å². The van der Waals surface area contributed by atoms with Gasteiger partial charge in [-0.15, -0.1) is 0 Å². The number of piperazine rings is 1. The zero-order valence-corrected chi connectivity index (χ0v) is 17.2. The van der Waals surface area contributed by atoms with Gasteiger partial charge in [-0.05, 0) is 49.4 Å². The monoisotopic (exact) mass is 401 g/mol. The topological polar surface area (TPSA) is 36.7 Å². The van der Waals surface area contributed by atoms with Crippen molar-refractivity contribution in [2.75, 3.05) is 38.1 Å². The zero-order valence-electron chi connectivity index (χ0n) is 17.2. The Morgan fingerprint density at radius 1 is 0.900 bits per heavy atom. The fourth-order valence-electron chi connectivity index (χ4n) is 4.05. The van der Waals surface area contributed by atoms with E-state index in [0.29, 0.717) is 0 Å². The fraction of sp³-hybridized carbons (Fsp3) is 0.250. The minimum absolute atomic E-state index is 0.243. The molecule has 1 saturated heterocycles. The fourth-order valence-corrected chi connectivity index (χ4v) is 4.05. The van der Waals surface area contributed by atoms with Crippen LogP contribution in [0.25, 0.3) is 27.9 Å². The Labute approximate surface area is 175 Å². The van der Waals surface area contributed by atoms with E-state index in [1.807, 2.05) is 23.8 Å². The molecule has 6 heteroatoms.